The first kappa shape index (κ1) is 16.1. The lowest BCUT2D eigenvalue weighted by atomic mass is 10.2. The lowest BCUT2D eigenvalue weighted by Gasteiger charge is -2.18. The Bertz CT molecular complexity index is 777. The molecule has 0 atom stereocenters. The number of amides is 1. The smallest absolute Gasteiger partial charge is 0.338 e. The van der Waals surface area contributed by atoms with Crippen LogP contribution in [0.4, 0.5) is 5.69 Å². The maximum absolute atomic E-state index is 12.0. The first-order valence-corrected chi connectivity index (χ1v) is 7.62. The number of para-hydroxylation sites is 1. The van der Waals surface area contributed by atoms with Gasteiger partial charge in [-0.15, -0.1) is 0 Å². The largest absolute Gasteiger partial charge is 0.486 e. The van der Waals surface area contributed by atoms with Crippen molar-refractivity contribution >= 4 is 29.2 Å². The quantitative estimate of drug-likeness (QED) is 0.861. The van der Waals surface area contributed by atoms with Gasteiger partial charge < -0.3 is 19.5 Å². The summed E-state index contributed by atoms with van der Waals surface area (Å²) in [5, 5.41) is 2.98. The van der Waals surface area contributed by atoms with Crippen molar-refractivity contribution in [1.82, 2.24) is 0 Å². The molecule has 0 bridgehead atoms. The molecule has 6 nitrogen and oxygen atoms in total. The zero-order valence-electron chi connectivity index (χ0n) is 12.6. The Morgan fingerprint density at radius 2 is 1.83 bits per heavy atom. The molecule has 7 heteroatoms. The molecular formula is C17H14ClNO5. The van der Waals surface area contributed by atoms with Gasteiger partial charge in [0.15, 0.2) is 18.1 Å². The molecule has 0 unspecified atom stereocenters. The standard InChI is InChI=1S/C17H14ClNO5/c18-12-3-1-2-4-13(12)19-16(20)10-24-17(21)11-5-6-14-15(9-11)23-8-7-22-14/h1-6,9H,7-8,10H2,(H,19,20). The summed E-state index contributed by atoms with van der Waals surface area (Å²) < 4.78 is 15.8. The second-order valence-corrected chi connectivity index (χ2v) is 5.37. The van der Waals surface area contributed by atoms with Gasteiger partial charge in [-0.1, -0.05) is 23.7 Å². The summed E-state index contributed by atoms with van der Waals surface area (Å²) in [4.78, 5) is 23.9. The minimum atomic E-state index is -0.624. The van der Waals surface area contributed by atoms with Crippen LogP contribution >= 0.6 is 11.6 Å². The molecule has 1 N–H and O–H groups in total. The predicted molar refractivity (Wildman–Crippen MR) is 87.8 cm³/mol. The van der Waals surface area contributed by atoms with Gasteiger partial charge in [-0.05, 0) is 30.3 Å². The SMILES string of the molecule is O=C(COC(=O)c1ccc2c(c1)OCCO2)Nc1ccccc1Cl. The minimum absolute atomic E-state index is 0.282. The summed E-state index contributed by atoms with van der Waals surface area (Å²) in [5.74, 6) is -0.0410. The summed E-state index contributed by atoms with van der Waals surface area (Å²) in [6.07, 6.45) is 0. The molecule has 1 heterocycles. The van der Waals surface area contributed by atoms with E-state index in [1.165, 1.54) is 6.07 Å². The van der Waals surface area contributed by atoms with E-state index in [1.54, 1.807) is 36.4 Å². The number of ether oxygens (including phenoxy) is 3. The Balaban J connectivity index is 1.57. The van der Waals surface area contributed by atoms with Gasteiger partial charge in [0, 0.05) is 0 Å². The van der Waals surface area contributed by atoms with Crippen molar-refractivity contribution in [3.8, 4) is 11.5 Å². The highest BCUT2D eigenvalue weighted by Gasteiger charge is 2.16. The summed E-state index contributed by atoms with van der Waals surface area (Å²) in [5.41, 5.74) is 0.740. The third-order valence-electron chi connectivity index (χ3n) is 3.26. The van der Waals surface area contributed by atoms with Gasteiger partial charge in [0.2, 0.25) is 0 Å². The number of hydrogen-bond acceptors (Lipinski definition) is 5. The van der Waals surface area contributed by atoms with Gasteiger partial charge in [-0.2, -0.15) is 0 Å². The fourth-order valence-corrected chi connectivity index (χ4v) is 2.32. The van der Waals surface area contributed by atoms with E-state index in [4.69, 9.17) is 25.8 Å². The number of anilines is 1. The molecule has 1 aliphatic heterocycles. The molecule has 2 aromatic carbocycles. The molecule has 2 aromatic rings. The normalized spacial score (nSPS) is 12.4. The summed E-state index contributed by atoms with van der Waals surface area (Å²) in [6, 6.07) is 11.5. The van der Waals surface area contributed by atoms with Gasteiger partial charge in [-0.3, -0.25) is 4.79 Å². The third kappa shape index (κ3) is 3.78. The molecule has 0 saturated heterocycles. The van der Waals surface area contributed by atoms with E-state index in [1.807, 2.05) is 0 Å². The topological polar surface area (TPSA) is 73.9 Å². The van der Waals surface area contributed by atoms with Crippen LogP contribution in [-0.4, -0.2) is 31.7 Å². The van der Waals surface area contributed by atoms with E-state index in [0.717, 1.165) is 0 Å². The van der Waals surface area contributed by atoms with Crippen LogP contribution in [0, 0.1) is 0 Å². The average molecular weight is 348 g/mol. The molecule has 3 rings (SSSR count). The predicted octanol–water partition coefficient (Wildman–Crippen LogP) is 2.91. The number of halogens is 1. The molecule has 0 aliphatic carbocycles. The van der Waals surface area contributed by atoms with Gasteiger partial charge in [0.1, 0.15) is 13.2 Å². The van der Waals surface area contributed by atoms with Crippen molar-refractivity contribution in [2.24, 2.45) is 0 Å². The summed E-state index contributed by atoms with van der Waals surface area (Å²) >= 11 is 5.95. The fourth-order valence-electron chi connectivity index (χ4n) is 2.13. The first-order valence-electron chi connectivity index (χ1n) is 7.24. The van der Waals surface area contributed by atoms with Crippen LogP contribution in [0.1, 0.15) is 10.4 Å². The Morgan fingerprint density at radius 1 is 1.08 bits per heavy atom. The molecule has 0 saturated carbocycles. The number of nitrogens with one attached hydrogen (secondary N) is 1. The zero-order chi connectivity index (χ0) is 16.9. The van der Waals surface area contributed by atoms with Crippen LogP contribution in [0.2, 0.25) is 5.02 Å². The fraction of sp³-hybridized carbons (Fsp3) is 0.176. The van der Waals surface area contributed by atoms with E-state index in [-0.39, 0.29) is 5.56 Å². The van der Waals surface area contributed by atoms with Gasteiger partial charge in [0.05, 0.1) is 16.3 Å². The second-order valence-electron chi connectivity index (χ2n) is 4.96. The van der Waals surface area contributed by atoms with E-state index in [0.29, 0.717) is 35.4 Å². The van der Waals surface area contributed by atoms with Gasteiger partial charge >= 0.3 is 5.97 Å². The van der Waals surface area contributed by atoms with E-state index < -0.39 is 18.5 Å². The molecule has 1 aliphatic rings. The van der Waals surface area contributed by atoms with Crippen molar-refractivity contribution in [3.05, 3.63) is 53.1 Å². The number of carbonyl (C=O) groups excluding carboxylic acids is 2. The molecule has 0 radical (unpaired) electrons. The number of rotatable bonds is 4. The number of hydrogen-bond donors (Lipinski definition) is 1. The lowest BCUT2D eigenvalue weighted by molar-refractivity contribution is -0.119. The van der Waals surface area contributed by atoms with E-state index in [2.05, 4.69) is 5.32 Å². The van der Waals surface area contributed by atoms with Gasteiger partial charge in [0.25, 0.3) is 5.91 Å². The number of esters is 1. The number of carbonyl (C=O) groups is 2. The van der Waals surface area contributed by atoms with Crippen molar-refractivity contribution in [1.29, 1.82) is 0 Å². The monoisotopic (exact) mass is 347 g/mol. The molecular weight excluding hydrogens is 334 g/mol. The maximum Gasteiger partial charge on any atom is 0.338 e. The van der Waals surface area contributed by atoms with Crippen LogP contribution in [0.5, 0.6) is 11.5 Å². The number of benzene rings is 2. The lowest BCUT2D eigenvalue weighted by Crippen LogP contribution is -2.21. The number of fused-ring (bicyclic) bond motifs is 1. The van der Waals surface area contributed by atoms with Crippen LogP contribution in [0.3, 0.4) is 0 Å². The third-order valence-corrected chi connectivity index (χ3v) is 3.59. The minimum Gasteiger partial charge on any atom is -0.486 e. The zero-order valence-corrected chi connectivity index (χ0v) is 13.3. The van der Waals surface area contributed by atoms with Crippen LogP contribution in [0.25, 0.3) is 0 Å². The Labute approximate surface area is 143 Å². The highest BCUT2D eigenvalue weighted by Crippen LogP contribution is 2.30. The summed E-state index contributed by atoms with van der Waals surface area (Å²) in [6.45, 7) is 0.475. The first-order chi connectivity index (χ1) is 11.6. The van der Waals surface area contributed by atoms with E-state index >= 15 is 0 Å². The van der Waals surface area contributed by atoms with Crippen molar-refractivity contribution in [3.63, 3.8) is 0 Å². The van der Waals surface area contributed by atoms with Gasteiger partial charge in [-0.25, -0.2) is 4.79 Å². The Morgan fingerprint density at radius 3 is 2.62 bits per heavy atom. The molecule has 0 aromatic heterocycles. The van der Waals surface area contributed by atoms with Crippen molar-refractivity contribution in [2.45, 2.75) is 0 Å². The van der Waals surface area contributed by atoms with E-state index in [9.17, 15) is 9.59 Å². The molecule has 124 valence electrons. The molecule has 24 heavy (non-hydrogen) atoms. The second kappa shape index (κ2) is 7.23. The van der Waals surface area contributed by atoms with Crippen molar-refractivity contribution in [2.75, 3.05) is 25.1 Å². The molecule has 1 amide bonds. The average Bonchev–Trinajstić information content (AvgIpc) is 2.61. The highest BCUT2D eigenvalue weighted by molar-refractivity contribution is 6.33. The Hall–Kier alpha value is -2.73. The van der Waals surface area contributed by atoms with Crippen LogP contribution in [-0.2, 0) is 9.53 Å². The Kier molecular flexibility index (Phi) is 4.86. The summed E-state index contributed by atoms with van der Waals surface area (Å²) in [7, 11) is 0. The highest BCUT2D eigenvalue weighted by atomic mass is 35.5. The van der Waals surface area contributed by atoms with Crippen molar-refractivity contribution < 1.29 is 23.8 Å². The van der Waals surface area contributed by atoms with Crippen LogP contribution < -0.4 is 14.8 Å². The molecule has 0 fully saturated rings. The maximum atomic E-state index is 12.0. The van der Waals surface area contributed by atoms with Crippen LogP contribution in [0.15, 0.2) is 42.5 Å². The molecule has 0 spiro atoms.